The van der Waals surface area contributed by atoms with Crippen molar-refractivity contribution in [2.75, 3.05) is 5.32 Å². The Morgan fingerprint density at radius 1 is 0.929 bits per heavy atom. The number of para-hydroxylation sites is 1. The Bertz CT molecular complexity index is 974. The van der Waals surface area contributed by atoms with Gasteiger partial charge in [0.05, 0.1) is 11.3 Å². The van der Waals surface area contributed by atoms with E-state index in [9.17, 15) is 22.4 Å². The van der Waals surface area contributed by atoms with Crippen LogP contribution in [0.1, 0.15) is 21.6 Å². The van der Waals surface area contributed by atoms with Crippen molar-refractivity contribution in [3.8, 4) is 0 Å². The van der Waals surface area contributed by atoms with Crippen molar-refractivity contribution in [3.05, 3.63) is 83.3 Å². The van der Waals surface area contributed by atoms with Gasteiger partial charge in [-0.3, -0.25) is 4.79 Å². The lowest BCUT2D eigenvalue weighted by atomic mass is 10.1. The van der Waals surface area contributed by atoms with Crippen molar-refractivity contribution >= 4 is 17.4 Å². The molecule has 144 valence electrons. The summed E-state index contributed by atoms with van der Waals surface area (Å²) in [5, 5.41) is 12.5. The molecule has 0 bridgehead atoms. The third-order valence-electron chi connectivity index (χ3n) is 3.79. The van der Waals surface area contributed by atoms with Gasteiger partial charge in [-0.05, 0) is 30.3 Å². The average molecular weight is 390 g/mol. The first-order chi connectivity index (χ1) is 13.3. The van der Waals surface area contributed by atoms with Crippen LogP contribution in [0, 0.1) is 5.82 Å². The topological polar surface area (TPSA) is 66.9 Å². The number of rotatable bonds is 5. The molecule has 0 saturated carbocycles. The SMILES string of the molecule is O=C(NCc1ccccc1F)c1ccc(Nc2ccccc2C(F)(F)F)nn1. The maximum Gasteiger partial charge on any atom is 0.418 e. The number of halogens is 4. The first kappa shape index (κ1) is 19.3. The predicted octanol–water partition coefficient (Wildman–Crippen LogP) is 4.31. The van der Waals surface area contributed by atoms with Crippen molar-refractivity contribution in [2.24, 2.45) is 0 Å². The van der Waals surface area contributed by atoms with E-state index in [2.05, 4.69) is 20.8 Å². The molecular weight excluding hydrogens is 376 g/mol. The largest absolute Gasteiger partial charge is 0.418 e. The van der Waals surface area contributed by atoms with E-state index < -0.39 is 23.5 Å². The molecule has 2 aromatic carbocycles. The Morgan fingerprint density at radius 3 is 2.32 bits per heavy atom. The Labute approximate surface area is 157 Å². The van der Waals surface area contributed by atoms with Gasteiger partial charge in [-0.15, -0.1) is 10.2 Å². The van der Waals surface area contributed by atoms with Crippen LogP contribution in [-0.4, -0.2) is 16.1 Å². The Kier molecular flexibility index (Phi) is 5.53. The number of carbonyl (C=O) groups excluding carboxylic acids is 1. The molecule has 28 heavy (non-hydrogen) atoms. The number of anilines is 2. The molecule has 0 radical (unpaired) electrons. The van der Waals surface area contributed by atoms with Crippen LogP contribution in [0.25, 0.3) is 0 Å². The fourth-order valence-electron chi connectivity index (χ4n) is 2.41. The van der Waals surface area contributed by atoms with E-state index in [0.29, 0.717) is 5.56 Å². The summed E-state index contributed by atoms with van der Waals surface area (Å²) in [6.45, 7) is -0.0356. The quantitative estimate of drug-likeness (QED) is 0.638. The lowest BCUT2D eigenvalue weighted by molar-refractivity contribution is -0.136. The predicted molar refractivity (Wildman–Crippen MR) is 94.3 cm³/mol. The van der Waals surface area contributed by atoms with Gasteiger partial charge in [0.1, 0.15) is 5.82 Å². The Balaban J connectivity index is 1.67. The summed E-state index contributed by atoms with van der Waals surface area (Å²) in [5.41, 5.74) is -0.763. The number of nitrogens with zero attached hydrogens (tertiary/aromatic N) is 2. The lowest BCUT2D eigenvalue weighted by Crippen LogP contribution is -2.24. The van der Waals surface area contributed by atoms with Crippen LogP contribution in [0.4, 0.5) is 29.1 Å². The number of aromatic nitrogens is 2. The molecule has 1 heterocycles. The number of nitrogens with one attached hydrogen (secondary N) is 2. The fraction of sp³-hybridized carbons (Fsp3) is 0.105. The van der Waals surface area contributed by atoms with E-state index >= 15 is 0 Å². The second kappa shape index (κ2) is 8.03. The van der Waals surface area contributed by atoms with Gasteiger partial charge in [0.15, 0.2) is 11.5 Å². The molecule has 1 amide bonds. The molecule has 0 aliphatic rings. The van der Waals surface area contributed by atoms with Gasteiger partial charge in [0, 0.05) is 12.1 Å². The highest BCUT2D eigenvalue weighted by Gasteiger charge is 2.33. The molecule has 3 rings (SSSR count). The van der Waals surface area contributed by atoms with Crippen LogP contribution in [-0.2, 0) is 12.7 Å². The summed E-state index contributed by atoms with van der Waals surface area (Å²) >= 11 is 0. The van der Waals surface area contributed by atoms with Gasteiger partial charge >= 0.3 is 6.18 Å². The molecule has 9 heteroatoms. The second-order valence-corrected chi connectivity index (χ2v) is 5.75. The zero-order chi connectivity index (χ0) is 20.1. The van der Waals surface area contributed by atoms with E-state index in [-0.39, 0.29) is 23.7 Å². The van der Waals surface area contributed by atoms with Gasteiger partial charge in [0.25, 0.3) is 5.91 Å². The maximum atomic E-state index is 13.6. The smallest absolute Gasteiger partial charge is 0.346 e. The summed E-state index contributed by atoms with van der Waals surface area (Å²) in [6, 6.07) is 13.6. The molecule has 0 unspecified atom stereocenters. The van der Waals surface area contributed by atoms with Crippen LogP contribution >= 0.6 is 0 Å². The third-order valence-corrected chi connectivity index (χ3v) is 3.79. The first-order valence-corrected chi connectivity index (χ1v) is 8.13. The molecule has 3 aromatic rings. The molecule has 0 spiro atoms. The van der Waals surface area contributed by atoms with Crippen LogP contribution < -0.4 is 10.6 Å². The van der Waals surface area contributed by atoms with E-state index in [1.807, 2.05) is 0 Å². The molecule has 0 aliphatic carbocycles. The van der Waals surface area contributed by atoms with E-state index in [1.165, 1.54) is 48.5 Å². The van der Waals surface area contributed by atoms with Gasteiger partial charge in [-0.2, -0.15) is 13.2 Å². The molecule has 0 fully saturated rings. The zero-order valence-corrected chi connectivity index (χ0v) is 14.3. The number of amides is 1. The molecule has 1 aromatic heterocycles. The number of hydrogen-bond acceptors (Lipinski definition) is 4. The summed E-state index contributed by atoms with van der Waals surface area (Å²) in [5.74, 6) is -0.989. The van der Waals surface area contributed by atoms with Crippen LogP contribution in [0.15, 0.2) is 60.7 Å². The average Bonchev–Trinajstić information content (AvgIpc) is 2.67. The van der Waals surface area contributed by atoms with Gasteiger partial charge in [-0.25, -0.2) is 4.39 Å². The van der Waals surface area contributed by atoms with E-state index in [4.69, 9.17) is 0 Å². The highest BCUT2D eigenvalue weighted by molar-refractivity contribution is 5.92. The normalized spacial score (nSPS) is 11.1. The Morgan fingerprint density at radius 2 is 1.64 bits per heavy atom. The van der Waals surface area contributed by atoms with Crippen molar-refractivity contribution in [3.63, 3.8) is 0 Å². The number of hydrogen-bond donors (Lipinski definition) is 2. The minimum atomic E-state index is -4.52. The van der Waals surface area contributed by atoms with Crippen molar-refractivity contribution in [1.82, 2.24) is 15.5 Å². The Hall–Kier alpha value is -3.49. The number of carbonyl (C=O) groups is 1. The number of benzene rings is 2. The molecular formula is C19H14F4N4O. The van der Waals surface area contributed by atoms with E-state index in [1.54, 1.807) is 6.07 Å². The van der Waals surface area contributed by atoms with Gasteiger partial charge in [0.2, 0.25) is 0 Å². The second-order valence-electron chi connectivity index (χ2n) is 5.75. The monoisotopic (exact) mass is 390 g/mol. The minimum Gasteiger partial charge on any atom is -0.346 e. The summed E-state index contributed by atoms with van der Waals surface area (Å²) < 4.78 is 52.6. The highest BCUT2D eigenvalue weighted by atomic mass is 19.4. The van der Waals surface area contributed by atoms with E-state index in [0.717, 1.165) is 6.07 Å². The number of alkyl halides is 3. The van der Waals surface area contributed by atoms with Crippen LogP contribution in [0.5, 0.6) is 0 Å². The molecule has 2 N–H and O–H groups in total. The highest BCUT2D eigenvalue weighted by Crippen LogP contribution is 2.35. The molecule has 0 aliphatic heterocycles. The lowest BCUT2D eigenvalue weighted by Gasteiger charge is -2.13. The van der Waals surface area contributed by atoms with Gasteiger partial charge in [-0.1, -0.05) is 30.3 Å². The summed E-state index contributed by atoms with van der Waals surface area (Å²) in [4.78, 5) is 12.1. The summed E-state index contributed by atoms with van der Waals surface area (Å²) in [6.07, 6.45) is -4.52. The van der Waals surface area contributed by atoms with Gasteiger partial charge < -0.3 is 10.6 Å². The van der Waals surface area contributed by atoms with Crippen molar-refractivity contribution < 1.29 is 22.4 Å². The third kappa shape index (κ3) is 4.61. The standard InChI is InChI=1S/C19H14F4N4O/c20-14-7-3-1-5-12(14)11-24-18(28)16-9-10-17(27-26-16)25-15-8-4-2-6-13(15)19(21,22)23/h1-10H,11H2,(H,24,28)(H,25,27). The molecule has 5 nitrogen and oxygen atoms in total. The molecule has 0 saturated heterocycles. The van der Waals surface area contributed by atoms with Crippen LogP contribution in [0.3, 0.4) is 0 Å². The first-order valence-electron chi connectivity index (χ1n) is 8.13. The van der Waals surface area contributed by atoms with Crippen molar-refractivity contribution in [2.45, 2.75) is 12.7 Å². The molecule has 0 atom stereocenters. The minimum absolute atomic E-state index is 0.0356. The zero-order valence-electron chi connectivity index (χ0n) is 14.3. The fourth-order valence-corrected chi connectivity index (χ4v) is 2.41. The summed E-state index contributed by atoms with van der Waals surface area (Å²) in [7, 11) is 0. The maximum absolute atomic E-state index is 13.6. The van der Waals surface area contributed by atoms with Crippen molar-refractivity contribution in [1.29, 1.82) is 0 Å². The van der Waals surface area contributed by atoms with Crippen LogP contribution in [0.2, 0.25) is 0 Å².